The lowest BCUT2D eigenvalue weighted by molar-refractivity contribution is -0.518. The number of para-hydroxylation sites is 1. The highest BCUT2D eigenvalue weighted by Gasteiger charge is 2.30. The van der Waals surface area contributed by atoms with Crippen molar-refractivity contribution in [3.05, 3.63) is 113 Å². The molecule has 0 unspecified atom stereocenters. The summed E-state index contributed by atoms with van der Waals surface area (Å²) in [5, 5.41) is 1.24. The van der Waals surface area contributed by atoms with Crippen LogP contribution in [0.3, 0.4) is 0 Å². The first-order chi connectivity index (χ1) is 15.7. The SMILES string of the molecule is COC(=O)C[N+]1=C(C=C(c2ccccc2)c2ccccc2)c2[nH]c3ccccc3c2CC1. The van der Waals surface area contributed by atoms with Crippen molar-refractivity contribution in [3.8, 4) is 0 Å². The maximum Gasteiger partial charge on any atom is 0.371 e. The monoisotopic (exact) mass is 421 g/mol. The number of nitrogens with one attached hydrogen (secondary N) is 1. The molecule has 0 saturated heterocycles. The first-order valence-electron chi connectivity index (χ1n) is 10.9. The van der Waals surface area contributed by atoms with Gasteiger partial charge in [0.25, 0.3) is 0 Å². The number of fused-ring (bicyclic) bond motifs is 3. The maximum atomic E-state index is 12.2. The van der Waals surface area contributed by atoms with Gasteiger partial charge in [0.15, 0.2) is 0 Å². The van der Waals surface area contributed by atoms with Crippen molar-refractivity contribution in [1.82, 2.24) is 4.98 Å². The van der Waals surface area contributed by atoms with E-state index in [2.05, 4.69) is 82.4 Å². The molecule has 158 valence electrons. The molecule has 1 N–H and O–H groups in total. The fourth-order valence-electron chi connectivity index (χ4n) is 4.46. The molecule has 4 nitrogen and oxygen atoms in total. The normalized spacial score (nSPS) is 13.0. The average molecular weight is 422 g/mol. The molecule has 4 aromatic rings. The van der Waals surface area contributed by atoms with Crippen LogP contribution in [-0.2, 0) is 16.0 Å². The van der Waals surface area contributed by atoms with Crippen molar-refractivity contribution in [2.75, 3.05) is 20.2 Å². The third-order valence-corrected chi connectivity index (χ3v) is 6.04. The molecule has 0 radical (unpaired) electrons. The standard InChI is InChI=1S/C28H24N2O2/c1-32-27(31)19-30-17-16-23-22-14-8-9-15-25(22)29-28(23)26(30)18-24(20-10-4-2-5-11-20)21-12-6-3-7-13-21/h2-15,18H,16-17,19H2,1H3/p+1. The van der Waals surface area contributed by atoms with Crippen LogP contribution in [0.1, 0.15) is 22.4 Å². The predicted octanol–water partition coefficient (Wildman–Crippen LogP) is 4.83. The molecule has 32 heavy (non-hydrogen) atoms. The summed E-state index contributed by atoms with van der Waals surface area (Å²) in [5.74, 6) is -0.239. The summed E-state index contributed by atoms with van der Waals surface area (Å²) in [6.45, 7) is 0.973. The smallest absolute Gasteiger partial charge is 0.371 e. The number of rotatable bonds is 5. The fourth-order valence-corrected chi connectivity index (χ4v) is 4.46. The second-order valence-electron chi connectivity index (χ2n) is 7.95. The molecule has 5 rings (SSSR count). The van der Waals surface area contributed by atoms with Gasteiger partial charge in [-0.05, 0) is 28.3 Å². The Balaban J connectivity index is 1.75. The molecule has 0 atom stereocenters. The van der Waals surface area contributed by atoms with Gasteiger partial charge in [0.2, 0.25) is 12.3 Å². The number of aromatic nitrogens is 1. The van der Waals surface area contributed by atoms with Crippen LogP contribution in [0.2, 0.25) is 0 Å². The quantitative estimate of drug-likeness (QED) is 0.371. The van der Waals surface area contributed by atoms with E-state index in [0.29, 0.717) is 0 Å². The Labute approximate surface area is 187 Å². The molecule has 0 saturated carbocycles. The summed E-state index contributed by atoms with van der Waals surface area (Å²) in [5.41, 5.74) is 7.88. The van der Waals surface area contributed by atoms with Crippen LogP contribution in [0.4, 0.5) is 0 Å². The first kappa shape index (κ1) is 20.0. The number of aromatic amines is 1. The number of nitrogens with zero attached hydrogens (tertiary/aromatic N) is 1. The highest BCUT2D eigenvalue weighted by atomic mass is 16.5. The number of hydrogen-bond acceptors (Lipinski definition) is 2. The molecule has 1 aliphatic heterocycles. The summed E-state index contributed by atoms with van der Waals surface area (Å²) < 4.78 is 7.12. The van der Waals surface area contributed by atoms with E-state index in [-0.39, 0.29) is 12.5 Å². The molecule has 4 heteroatoms. The summed E-state index contributed by atoms with van der Waals surface area (Å²) in [6, 6.07) is 29.2. The van der Waals surface area contributed by atoms with Crippen molar-refractivity contribution >= 4 is 28.2 Å². The van der Waals surface area contributed by atoms with Crippen molar-refractivity contribution in [2.45, 2.75) is 6.42 Å². The summed E-state index contributed by atoms with van der Waals surface area (Å²) in [7, 11) is 1.44. The lowest BCUT2D eigenvalue weighted by atomic mass is 9.93. The highest BCUT2D eigenvalue weighted by Crippen LogP contribution is 2.29. The summed E-state index contributed by atoms with van der Waals surface area (Å²) in [4.78, 5) is 15.8. The van der Waals surface area contributed by atoms with Crippen LogP contribution in [0.25, 0.3) is 16.5 Å². The average Bonchev–Trinajstić information content (AvgIpc) is 3.23. The number of allylic oxidation sites excluding steroid dienone is 1. The molecular formula is C28H25N2O2+. The van der Waals surface area contributed by atoms with Crippen LogP contribution >= 0.6 is 0 Å². The number of esters is 1. The highest BCUT2D eigenvalue weighted by molar-refractivity contribution is 6.13. The lowest BCUT2D eigenvalue weighted by Gasteiger charge is -2.15. The molecule has 1 aliphatic rings. The maximum absolute atomic E-state index is 12.2. The molecule has 0 bridgehead atoms. The topological polar surface area (TPSA) is 45.1 Å². The van der Waals surface area contributed by atoms with Gasteiger partial charge in [0.05, 0.1) is 7.11 Å². The molecule has 0 aliphatic carbocycles. The number of benzene rings is 3. The minimum Gasteiger partial charge on any atom is -0.464 e. The number of carbonyl (C=O) groups is 1. The third kappa shape index (κ3) is 3.76. The van der Waals surface area contributed by atoms with Gasteiger partial charge in [-0.15, -0.1) is 0 Å². The van der Waals surface area contributed by atoms with Gasteiger partial charge in [0.1, 0.15) is 12.2 Å². The van der Waals surface area contributed by atoms with Crippen LogP contribution < -0.4 is 0 Å². The van der Waals surface area contributed by atoms with E-state index in [1.807, 2.05) is 18.2 Å². The number of ether oxygens (including phenoxy) is 1. The van der Waals surface area contributed by atoms with E-state index >= 15 is 0 Å². The van der Waals surface area contributed by atoms with E-state index in [1.165, 1.54) is 18.1 Å². The van der Waals surface area contributed by atoms with Crippen LogP contribution in [0, 0.1) is 0 Å². The number of methoxy groups -OCH3 is 1. The Kier molecular flexibility index (Phi) is 5.42. The van der Waals surface area contributed by atoms with Gasteiger partial charge in [0, 0.05) is 23.4 Å². The summed E-state index contributed by atoms with van der Waals surface area (Å²) >= 11 is 0. The van der Waals surface area contributed by atoms with E-state index in [4.69, 9.17) is 4.74 Å². The number of H-pyrrole nitrogens is 1. The molecule has 0 fully saturated rings. The number of hydrogen-bond donors (Lipinski definition) is 1. The number of carbonyl (C=O) groups excluding carboxylic acids is 1. The second-order valence-corrected chi connectivity index (χ2v) is 7.95. The van der Waals surface area contributed by atoms with Crippen LogP contribution in [0.15, 0.2) is 91.0 Å². The molecule has 0 amide bonds. The van der Waals surface area contributed by atoms with E-state index < -0.39 is 0 Å². The minimum absolute atomic E-state index is 0.216. The zero-order chi connectivity index (χ0) is 21.9. The first-order valence-corrected chi connectivity index (χ1v) is 10.9. The Bertz CT molecular complexity index is 1290. The van der Waals surface area contributed by atoms with Crippen molar-refractivity contribution < 1.29 is 14.1 Å². The van der Waals surface area contributed by atoms with E-state index in [1.54, 1.807) is 0 Å². The van der Waals surface area contributed by atoms with E-state index in [9.17, 15) is 4.79 Å². The van der Waals surface area contributed by atoms with Crippen LogP contribution in [-0.4, -0.2) is 41.4 Å². The van der Waals surface area contributed by atoms with Gasteiger partial charge in [-0.1, -0.05) is 78.9 Å². The largest absolute Gasteiger partial charge is 0.464 e. The zero-order valence-electron chi connectivity index (χ0n) is 18.0. The Morgan fingerprint density at radius 2 is 1.56 bits per heavy atom. The minimum atomic E-state index is -0.239. The van der Waals surface area contributed by atoms with Gasteiger partial charge >= 0.3 is 5.97 Å². The Hall–Kier alpha value is -3.92. The van der Waals surface area contributed by atoms with Crippen molar-refractivity contribution in [2.24, 2.45) is 0 Å². The summed E-state index contributed by atoms with van der Waals surface area (Å²) in [6.07, 6.45) is 3.08. The molecular weight excluding hydrogens is 396 g/mol. The molecule has 1 aromatic heterocycles. The van der Waals surface area contributed by atoms with Crippen molar-refractivity contribution in [3.63, 3.8) is 0 Å². The third-order valence-electron chi connectivity index (χ3n) is 6.04. The predicted molar refractivity (Wildman–Crippen MR) is 128 cm³/mol. The Morgan fingerprint density at radius 1 is 0.938 bits per heavy atom. The Morgan fingerprint density at radius 3 is 2.22 bits per heavy atom. The van der Waals surface area contributed by atoms with Gasteiger partial charge in [-0.3, -0.25) is 0 Å². The van der Waals surface area contributed by atoms with Crippen LogP contribution in [0.5, 0.6) is 0 Å². The second kappa shape index (κ2) is 8.67. The molecule has 0 spiro atoms. The fraction of sp³-hybridized carbons (Fsp3) is 0.143. The zero-order valence-corrected chi connectivity index (χ0v) is 18.0. The van der Waals surface area contributed by atoms with Gasteiger partial charge < -0.3 is 9.72 Å². The lowest BCUT2D eigenvalue weighted by Crippen LogP contribution is -2.33. The van der Waals surface area contributed by atoms with Crippen molar-refractivity contribution in [1.29, 1.82) is 0 Å². The molecule has 2 heterocycles. The van der Waals surface area contributed by atoms with Gasteiger partial charge in [-0.25, -0.2) is 9.37 Å². The van der Waals surface area contributed by atoms with Gasteiger partial charge in [-0.2, -0.15) is 0 Å². The molecule has 3 aromatic carbocycles. The van der Waals surface area contributed by atoms with E-state index in [0.717, 1.165) is 46.6 Å².